The van der Waals surface area contributed by atoms with Gasteiger partial charge in [0.05, 0.1) is 0 Å². The van der Waals surface area contributed by atoms with Crippen LogP contribution < -0.4 is 4.72 Å². The number of amidine groups is 1. The fourth-order valence-corrected chi connectivity index (χ4v) is 4.93. The van der Waals surface area contributed by atoms with E-state index < -0.39 is 4.87 Å². The Morgan fingerprint density at radius 3 is 3.00 bits per heavy atom. The number of carbonyl (C=O) groups excluding carboxylic acids is 2. The van der Waals surface area contributed by atoms with Crippen molar-refractivity contribution in [3.8, 4) is 0 Å². The molecular weight excluding hydrogens is 380 g/mol. The first kappa shape index (κ1) is 22.0. The summed E-state index contributed by atoms with van der Waals surface area (Å²) in [7, 11) is 1.98. The van der Waals surface area contributed by atoms with Crippen LogP contribution in [0.5, 0.6) is 0 Å². The van der Waals surface area contributed by atoms with Crippen LogP contribution in [-0.2, 0) is 9.59 Å². The molecular formula is C19H30N4O2S2. The largest absolute Gasteiger partial charge is 0.353 e. The zero-order valence-electron chi connectivity index (χ0n) is 16.4. The zero-order chi connectivity index (χ0) is 19.7. The highest BCUT2D eigenvalue weighted by Crippen LogP contribution is 2.48. The summed E-state index contributed by atoms with van der Waals surface area (Å²) in [6, 6.07) is 0. The lowest BCUT2D eigenvalue weighted by molar-refractivity contribution is -0.133. The number of hydrogen-bond acceptors (Lipinski definition) is 7. The van der Waals surface area contributed by atoms with Crippen LogP contribution in [0.3, 0.4) is 0 Å². The van der Waals surface area contributed by atoms with Crippen LogP contribution >= 0.6 is 23.7 Å². The van der Waals surface area contributed by atoms with Gasteiger partial charge in [0.25, 0.3) is 0 Å². The number of allylic oxidation sites excluding steroid dienone is 3. The Morgan fingerprint density at radius 2 is 2.37 bits per heavy atom. The molecule has 1 heterocycles. The topological polar surface area (TPSA) is 65.0 Å². The number of amides is 1. The minimum atomic E-state index is -0.477. The molecule has 6 nitrogen and oxygen atoms in total. The van der Waals surface area contributed by atoms with E-state index in [1.165, 1.54) is 5.57 Å². The van der Waals surface area contributed by atoms with Crippen LogP contribution in [0.25, 0.3) is 0 Å². The van der Waals surface area contributed by atoms with Gasteiger partial charge in [-0.15, -0.1) is 5.10 Å². The Kier molecular flexibility index (Phi) is 8.92. The third-order valence-corrected chi connectivity index (χ3v) is 6.74. The van der Waals surface area contributed by atoms with Crippen molar-refractivity contribution < 1.29 is 9.59 Å². The summed E-state index contributed by atoms with van der Waals surface area (Å²) < 4.78 is 3.32. The van der Waals surface area contributed by atoms with Crippen LogP contribution in [0.1, 0.15) is 45.4 Å². The molecule has 2 rings (SSSR count). The van der Waals surface area contributed by atoms with E-state index in [1.54, 1.807) is 28.7 Å². The van der Waals surface area contributed by atoms with Crippen molar-refractivity contribution in [1.82, 2.24) is 14.6 Å². The quantitative estimate of drug-likeness (QED) is 0.338. The first-order valence-corrected chi connectivity index (χ1v) is 11.5. The Morgan fingerprint density at radius 1 is 1.56 bits per heavy atom. The summed E-state index contributed by atoms with van der Waals surface area (Å²) in [5.74, 6) is 0.0402. The molecule has 0 radical (unpaired) electrons. The average Bonchev–Trinajstić information content (AvgIpc) is 3.09. The summed E-state index contributed by atoms with van der Waals surface area (Å²) in [4.78, 5) is 25.0. The van der Waals surface area contributed by atoms with E-state index in [9.17, 15) is 9.59 Å². The molecule has 1 atom stereocenters. The molecule has 27 heavy (non-hydrogen) atoms. The van der Waals surface area contributed by atoms with Gasteiger partial charge in [0.1, 0.15) is 11.2 Å². The molecule has 1 unspecified atom stereocenters. The Bertz CT molecular complexity index is 621. The number of unbranched alkanes of at least 4 members (excludes halogenated alkanes) is 1. The highest BCUT2D eigenvalue weighted by atomic mass is 32.2. The second-order valence-electron chi connectivity index (χ2n) is 6.57. The van der Waals surface area contributed by atoms with E-state index in [4.69, 9.17) is 5.10 Å². The predicted octanol–water partition coefficient (Wildman–Crippen LogP) is 3.38. The van der Waals surface area contributed by atoms with Gasteiger partial charge < -0.3 is 9.69 Å². The molecule has 0 aromatic heterocycles. The molecule has 0 spiro atoms. The number of thioether (sulfide) groups is 1. The average molecular weight is 411 g/mol. The van der Waals surface area contributed by atoms with Crippen molar-refractivity contribution in [2.24, 2.45) is 5.10 Å². The Balaban J connectivity index is 2.31. The van der Waals surface area contributed by atoms with Crippen molar-refractivity contribution >= 4 is 41.1 Å². The van der Waals surface area contributed by atoms with Gasteiger partial charge in [-0.3, -0.25) is 9.52 Å². The van der Waals surface area contributed by atoms with Gasteiger partial charge in [-0.25, -0.2) is 5.01 Å². The minimum Gasteiger partial charge on any atom is -0.353 e. The first-order chi connectivity index (χ1) is 13.1. The van der Waals surface area contributed by atoms with Crippen molar-refractivity contribution in [2.75, 3.05) is 26.4 Å². The normalized spacial score (nSPS) is 21.8. The first-order valence-electron chi connectivity index (χ1n) is 9.46. The molecule has 8 heteroatoms. The van der Waals surface area contributed by atoms with Crippen molar-refractivity contribution in [1.29, 1.82) is 0 Å². The summed E-state index contributed by atoms with van der Waals surface area (Å²) in [5.41, 5.74) is 1.25. The predicted molar refractivity (Wildman–Crippen MR) is 115 cm³/mol. The SMILES string of the molecule is CCC(=O)N1N=C(N(C)CCCC=O)SC1(CCNSC)C1=CC=CCC1. The zero-order valence-corrected chi connectivity index (χ0v) is 18.1. The van der Waals surface area contributed by atoms with Crippen LogP contribution in [0.15, 0.2) is 28.9 Å². The third kappa shape index (κ3) is 5.39. The molecule has 0 aromatic rings. The number of hydrazone groups is 1. The van der Waals surface area contributed by atoms with Crippen LogP contribution in [-0.4, -0.2) is 58.5 Å². The van der Waals surface area contributed by atoms with E-state index >= 15 is 0 Å². The molecule has 1 aliphatic heterocycles. The van der Waals surface area contributed by atoms with Crippen molar-refractivity contribution in [3.63, 3.8) is 0 Å². The lowest BCUT2D eigenvalue weighted by atomic mass is 9.94. The van der Waals surface area contributed by atoms with Gasteiger partial charge in [0.15, 0.2) is 5.17 Å². The van der Waals surface area contributed by atoms with Crippen molar-refractivity contribution in [3.05, 3.63) is 23.8 Å². The second kappa shape index (κ2) is 10.9. The molecule has 2 aliphatic rings. The molecule has 1 N–H and O–H groups in total. The van der Waals surface area contributed by atoms with E-state index in [0.717, 1.165) is 50.2 Å². The standard InChI is InChI=1S/C19H30N4O2S2/c1-4-17(25)23-19(12-13-20-26-3,16-10-6-5-7-11-16)27-18(21-23)22(2)14-8-9-15-24/h5-6,10,15,20H,4,7-9,11-14H2,1-3H3. The van der Waals surface area contributed by atoms with Gasteiger partial charge in [-0.2, -0.15) is 0 Å². The molecule has 0 fully saturated rings. The molecule has 0 saturated carbocycles. The molecule has 0 aromatic carbocycles. The number of carbonyl (C=O) groups is 2. The van der Waals surface area contributed by atoms with Gasteiger partial charge in [-0.05, 0) is 37.5 Å². The van der Waals surface area contributed by atoms with E-state index in [2.05, 4.69) is 27.9 Å². The number of hydrogen-bond donors (Lipinski definition) is 1. The van der Waals surface area contributed by atoms with E-state index in [-0.39, 0.29) is 5.91 Å². The molecule has 150 valence electrons. The Labute approximate surface area is 171 Å². The lowest BCUT2D eigenvalue weighted by Gasteiger charge is -2.38. The number of nitrogens with zero attached hydrogens (tertiary/aromatic N) is 3. The van der Waals surface area contributed by atoms with Gasteiger partial charge in [-0.1, -0.05) is 48.9 Å². The maximum Gasteiger partial charge on any atom is 0.244 e. The highest BCUT2D eigenvalue weighted by molar-refractivity contribution is 8.15. The third-order valence-electron chi connectivity index (χ3n) is 4.69. The molecule has 1 aliphatic carbocycles. The lowest BCUT2D eigenvalue weighted by Crippen LogP contribution is -2.46. The molecule has 1 amide bonds. The van der Waals surface area contributed by atoms with E-state index in [0.29, 0.717) is 12.8 Å². The monoisotopic (exact) mass is 410 g/mol. The van der Waals surface area contributed by atoms with E-state index in [1.807, 2.05) is 20.2 Å². The fraction of sp³-hybridized carbons (Fsp3) is 0.632. The maximum atomic E-state index is 12.8. The van der Waals surface area contributed by atoms with Crippen molar-refractivity contribution in [2.45, 2.75) is 50.3 Å². The summed E-state index contributed by atoms with van der Waals surface area (Å²) in [6.45, 7) is 3.42. The molecule has 0 saturated heterocycles. The van der Waals surface area contributed by atoms with Gasteiger partial charge in [0.2, 0.25) is 5.91 Å². The van der Waals surface area contributed by atoms with Crippen LogP contribution in [0.2, 0.25) is 0 Å². The van der Waals surface area contributed by atoms with Crippen LogP contribution in [0.4, 0.5) is 0 Å². The summed E-state index contributed by atoms with van der Waals surface area (Å²) >= 11 is 3.26. The fourth-order valence-electron chi connectivity index (χ4n) is 3.22. The smallest absolute Gasteiger partial charge is 0.244 e. The number of aldehydes is 1. The maximum absolute atomic E-state index is 12.8. The summed E-state index contributed by atoms with van der Waals surface area (Å²) in [5, 5.41) is 7.31. The van der Waals surface area contributed by atoms with Gasteiger partial charge >= 0.3 is 0 Å². The number of rotatable bonds is 10. The van der Waals surface area contributed by atoms with Gasteiger partial charge in [0, 0.05) is 33.0 Å². The minimum absolute atomic E-state index is 0.0402. The number of nitrogens with one attached hydrogen (secondary N) is 1. The molecule has 0 bridgehead atoms. The highest BCUT2D eigenvalue weighted by Gasteiger charge is 2.49. The second-order valence-corrected chi connectivity index (χ2v) is 8.51. The van der Waals surface area contributed by atoms with Crippen LogP contribution in [0, 0.1) is 0 Å². The Hall–Kier alpha value is -1.25. The summed E-state index contributed by atoms with van der Waals surface area (Å²) in [6.07, 6.45) is 13.8.